The molecule has 1 nitrogen and oxygen atoms in total. The van der Waals surface area contributed by atoms with Crippen molar-refractivity contribution in [3.05, 3.63) is 35.1 Å². The number of halogens is 5. The standard InChI is InChI=1S/C14H14F5N/c15-12-5-8(1-4-11(12)14(17,18)19)13(16)6-9-2-3-10(7-13)20-9/h1,4-5,9-10,20H,2-3,6-7H2. The van der Waals surface area contributed by atoms with E-state index in [1.807, 2.05) is 0 Å². The van der Waals surface area contributed by atoms with Crippen LogP contribution >= 0.6 is 0 Å². The Bertz CT molecular complexity index is 513. The summed E-state index contributed by atoms with van der Waals surface area (Å²) in [6, 6.07) is 2.47. The third-order valence-electron chi connectivity index (χ3n) is 4.27. The predicted octanol–water partition coefficient (Wildman–Crippen LogP) is 3.92. The van der Waals surface area contributed by atoms with Gasteiger partial charge in [0.15, 0.2) is 0 Å². The van der Waals surface area contributed by atoms with Crippen LogP contribution in [0.25, 0.3) is 0 Å². The van der Waals surface area contributed by atoms with E-state index < -0.39 is 23.2 Å². The molecule has 2 atom stereocenters. The molecule has 3 rings (SSSR count). The minimum Gasteiger partial charge on any atom is -0.311 e. The predicted molar refractivity (Wildman–Crippen MR) is 63.4 cm³/mol. The van der Waals surface area contributed by atoms with Crippen LogP contribution in [0, 0.1) is 5.82 Å². The third kappa shape index (κ3) is 2.30. The Morgan fingerprint density at radius 3 is 2.20 bits per heavy atom. The average Bonchev–Trinajstić information content (AvgIpc) is 2.67. The number of hydrogen-bond donors (Lipinski definition) is 1. The zero-order valence-electron chi connectivity index (χ0n) is 10.6. The molecule has 20 heavy (non-hydrogen) atoms. The van der Waals surface area contributed by atoms with Crippen molar-refractivity contribution in [2.45, 2.75) is 49.6 Å². The molecular formula is C14H14F5N. The fraction of sp³-hybridized carbons (Fsp3) is 0.571. The summed E-state index contributed by atoms with van der Waals surface area (Å²) in [5.74, 6) is -1.40. The Balaban J connectivity index is 1.93. The van der Waals surface area contributed by atoms with Gasteiger partial charge in [-0.1, -0.05) is 6.07 Å². The molecular weight excluding hydrogens is 277 g/mol. The van der Waals surface area contributed by atoms with Crippen molar-refractivity contribution < 1.29 is 22.0 Å². The first-order chi connectivity index (χ1) is 9.28. The number of fused-ring (bicyclic) bond motifs is 2. The summed E-state index contributed by atoms with van der Waals surface area (Å²) in [6.45, 7) is 0. The molecule has 1 aromatic carbocycles. The highest BCUT2D eigenvalue weighted by Crippen LogP contribution is 2.44. The van der Waals surface area contributed by atoms with E-state index in [1.165, 1.54) is 0 Å². The molecule has 2 fully saturated rings. The molecule has 0 amide bonds. The largest absolute Gasteiger partial charge is 0.419 e. The molecule has 2 unspecified atom stereocenters. The summed E-state index contributed by atoms with van der Waals surface area (Å²) in [5.41, 5.74) is -3.06. The van der Waals surface area contributed by atoms with Crippen molar-refractivity contribution in [2.24, 2.45) is 0 Å². The van der Waals surface area contributed by atoms with Gasteiger partial charge in [-0.2, -0.15) is 13.2 Å². The maximum absolute atomic E-state index is 15.0. The number of nitrogens with one attached hydrogen (secondary N) is 1. The topological polar surface area (TPSA) is 12.0 Å². The fourth-order valence-corrected chi connectivity index (χ4v) is 3.35. The van der Waals surface area contributed by atoms with E-state index in [0.29, 0.717) is 12.1 Å². The Morgan fingerprint density at radius 2 is 1.70 bits per heavy atom. The van der Waals surface area contributed by atoms with E-state index in [9.17, 15) is 22.0 Å². The average molecular weight is 291 g/mol. The van der Waals surface area contributed by atoms with E-state index in [0.717, 1.165) is 18.9 Å². The highest BCUT2D eigenvalue weighted by Gasteiger charge is 2.46. The number of piperidine rings is 1. The van der Waals surface area contributed by atoms with Crippen molar-refractivity contribution in [1.82, 2.24) is 5.32 Å². The van der Waals surface area contributed by atoms with Gasteiger partial charge in [-0.05, 0) is 30.5 Å². The van der Waals surface area contributed by atoms with Crippen LogP contribution in [0.4, 0.5) is 22.0 Å². The molecule has 1 aromatic rings. The van der Waals surface area contributed by atoms with Gasteiger partial charge in [0.1, 0.15) is 11.5 Å². The third-order valence-corrected chi connectivity index (χ3v) is 4.27. The minimum absolute atomic E-state index is 0.0152. The van der Waals surface area contributed by atoms with Crippen molar-refractivity contribution in [3.63, 3.8) is 0 Å². The van der Waals surface area contributed by atoms with E-state index in [4.69, 9.17) is 0 Å². The first kappa shape index (κ1) is 13.8. The molecule has 0 aliphatic carbocycles. The van der Waals surface area contributed by atoms with Crippen LogP contribution in [0.2, 0.25) is 0 Å². The fourth-order valence-electron chi connectivity index (χ4n) is 3.35. The lowest BCUT2D eigenvalue weighted by Crippen LogP contribution is -2.44. The van der Waals surface area contributed by atoms with Crippen LogP contribution in [-0.2, 0) is 11.8 Å². The molecule has 0 radical (unpaired) electrons. The first-order valence-electron chi connectivity index (χ1n) is 6.60. The van der Waals surface area contributed by atoms with Crippen LogP contribution in [0.5, 0.6) is 0 Å². The molecule has 0 aromatic heterocycles. The molecule has 2 saturated heterocycles. The Hall–Kier alpha value is -1.17. The van der Waals surface area contributed by atoms with Gasteiger partial charge in [-0.15, -0.1) is 0 Å². The van der Waals surface area contributed by atoms with E-state index >= 15 is 0 Å². The van der Waals surface area contributed by atoms with Crippen LogP contribution in [0.3, 0.4) is 0 Å². The van der Waals surface area contributed by atoms with Crippen molar-refractivity contribution in [3.8, 4) is 0 Å². The van der Waals surface area contributed by atoms with Crippen molar-refractivity contribution >= 4 is 0 Å². The Morgan fingerprint density at radius 1 is 1.10 bits per heavy atom. The van der Waals surface area contributed by atoms with E-state index in [1.54, 1.807) is 0 Å². The molecule has 0 spiro atoms. The molecule has 2 aliphatic rings. The van der Waals surface area contributed by atoms with Gasteiger partial charge >= 0.3 is 6.18 Å². The van der Waals surface area contributed by atoms with Gasteiger partial charge in [0.05, 0.1) is 5.56 Å². The van der Waals surface area contributed by atoms with E-state index in [-0.39, 0.29) is 30.5 Å². The highest BCUT2D eigenvalue weighted by molar-refractivity contribution is 5.31. The number of benzene rings is 1. The second-order valence-corrected chi connectivity index (χ2v) is 5.70. The lowest BCUT2D eigenvalue weighted by atomic mass is 9.83. The zero-order chi connectivity index (χ0) is 14.5. The number of hydrogen-bond acceptors (Lipinski definition) is 1. The molecule has 2 heterocycles. The molecule has 110 valence electrons. The lowest BCUT2D eigenvalue weighted by Gasteiger charge is -2.35. The summed E-state index contributed by atoms with van der Waals surface area (Å²) in [4.78, 5) is 0. The molecule has 6 heteroatoms. The van der Waals surface area contributed by atoms with Gasteiger partial charge in [-0.25, -0.2) is 8.78 Å². The summed E-state index contributed by atoms with van der Waals surface area (Å²) < 4.78 is 66.1. The smallest absolute Gasteiger partial charge is 0.311 e. The first-order valence-corrected chi connectivity index (χ1v) is 6.60. The van der Waals surface area contributed by atoms with Crippen molar-refractivity contribution in [1.29, 1.82) is 0 Å². The van der Waals surface area contributed by atoms with Gasteiger partial charge < -0.3 is 5.32 Å². The second-order valence-electron chi connectivity index (χ2n) is 5.70. The number of rotatable bonds is 1. The molecule has 2 bridgehead atoms. The maximum atomic E-state index is 15.0. The monoisotopic (exact) mass is 291 g/mol. The summed E-state index contributed by atoms with van der Waals surface area (Å²) in [6.07, 6.45) is -2.65. The Labute approximate surface area is 113 Å². The second kappa shape index (κ2) is 4.41. The normalized spacial score (nSPS) is 33.5. The van der Waals surface area contributed by atoms with Crippen LogP contribution in [0.1, 0.15) is 36.8 Å². The number of alkyl halides is 4. The Kier molecular flexibility index (Phi) is 3.04. The van der Waals surface area contributed by atoms with Crippen LogP contribution in [0.15, 0.2) is 18.2 Å². The van der Waals surface area contributed by atoms with Gasteiger partial charge in [0, 0.05) is 24.9 Å². The summed E-state index contributed by atoms with van der Waals surface area (Å²) in [5, 5.41) is 3.25. The summed E-state index contributed by atoms with van der Waals surface area (Å²) in [7, 11) is 0. The minimum atomic E-state index is -4.75. The quantitative estimate of drug-likeness (QED) is 0.773. The summed E-state index contributed by atoms with van der Waals surface area (Å²) >= 11 is 0. The van der Waals surface area contributed by atoms with Crippen molar-refractivity contribution in [2.75, 3.05) is 0 Å². The molecule has 1 N–H and O–H groups in total. The van der Waals surface area contributed by atoms with Crippen LogP contribution < -0.4 is 5.32 Å². The van der Waals surface area contributed by atoms with Gasteiger partial charge in [-0.3, -0.25) is 0 Å². The molecule has 2 aliphatic heterocycles. The van der Waals surface area contributed by atoms with Gasteiger partial charge in [0.25, 0.3) is 0 Å². The van der Waals surface area contributed by atoms with Gasteiger partial charge in [0.2, 0.25) is 0 Å². The lowest BCUT2D eigenvalue weighted by molar-refractivity contribution is -0.140. The molecule has 0 saturated carbocycles. The van der Waals surface area contributed by atoms with E-state index in [2.05, 4.69) is 5.32 Å². The SMILES string of the molecule is Fc1cc(C2(F)CC3CCC(C2)N3)ccc1C(F)(F)F. The zero-order valence-corrected chi connectivity index (χ0v) is 10.6. The maximum Gasteiger partial charge on any atom is 0.419 e. The highest BCUT2D eigenvalue weighted by atomic mass is 19.4. The van der Waals surface area contributed by atoms with Crippen LogP contribution in [-0.4, -0.2) is 12.1 Å².